The highest BCUT2D eigenvalue weighted by Crippen LogP contribution is 2.28. The third kappa shape index (κ3) is 4.83. The number of benzene rings is 2. The number of carbonyl (C=O) groups excluding carboxylic acids is 2. The van der Waals surface area contributed by atoms with Crippen molar-refractivity contribution in [1.82, 2.24) is 9.80 Å². The van der Waals surface area contributed by atoms with Crippen LogP contribution < -0.4 is 5.32 Å². The number of hydrogen-bond donors (Lipinski definition) is 1. The van der Waals surface area contributed by atoms with Gasteiger partial charge < -0.3 is 19.5 Å². The number of nitrogens with one attached hydrogen (secondary N) is 1. The standard InChI is InChI=1S/C24H23Cl2N3O3/c1-15-3-4-16(13-19(15)26)21-7-8-22(32-21)23(30)27-20-14-17(5-6-18(20)25)24(31)29-11-9-28(2)10-12-29/h3-8,13-14H,9-12H2,1-2H3,(H,27,30). The Bertz CT molecular complexity index is 1170. The van der Waals surface area contributed by atoms with Crippen molar-refractivity contribution in [3.05, 3.63) is 75.5 Å². The summed E-state index contributed by atoms with van der Waals surface area (Å²) in [6.07, 6.45) is 0. The highest BCUT2D eigenvalue weighted by Gasteiger charge is 2.22. The molecule has 0 aliphatic carbocycles. The van der Waals surface area contributed by atoms with E-state index in [2.05, 4.69) is 10.2 Å². The first-order chi connectivity index (χ1) is 15.3. The molecule has 0 spiro atoms. The molecule has 1 aromatic heterocycles. The Labute approximate surface area is 196 Å². The summed E-state index contributed by atoms with van der Waals surface area (Å²) in [5, 5.41) is 3.71. The van der Waals surface area contributed by atoms with Gasteiger partial charge in [0.05, 0.1) is 10.7 Å². The van der Waals surface area contributed by atoms with Gasteiger partial charge in [0.1, 0.15) is 5.76 Å². The Morgan fingerprint density at radius 3 is 2.41 bits per heavy atom. The average Bonchev–Trinajstić information content (AvgIpc) is 3.28. The Morgan fingerprint density at radius 2 is 1.69 bits per heavy atom. The van der Waals surface area contributed by atoms with Crippen LogP contribution >= 0.6 is 23.2 Å². The van der Waals surface area contributed by atoms with Crippen molar-refractivity contribution in [1.29, 1.82) is 0 Å². The van der Waals surface area contributed by atoms with Gasteiger partial charge >= 0.3 is 0 Å². The monoisotopic (exact) mass is 471 g/mol. The van der Waals surface area contributed by atoms with E-state index in [1.165, 1.54) is 0 Å². The Morgan fingerprint density at radius 1 is 0.938 bits per heavy atom. The smallest absolute Gasteiger partial charge is 0.291 e. The molecule has 8 heteroatoms. The number of carbonyl (C=O) groups is 2. The minimum Gasteiger partial charge on any atom is -0.451 e. The highest BCUT2D eigenvalue weighted by molar-refractivity contribution is 6.34. The Hall–Kier alpha value is -2.80. The number of amides is 2. The van der Waals surface area contributed by atoms with Crippen LogP contribution in [0.2, 0.25) is 10.0 Å². The number of hydrogen-bond acceptors (Lipinski definition) is 4. The molecule has 166 valence electrons. The molecule has 2 heterocycles. The lowest BCUT2D eigenvalue weighted by atomic mass is 10.1. The van der Waals surface area contributed by atoms with Gasteiger partial charge in [0.25, 0.3) is 11.8 Å². The van der Waals surface area contributed by atoms with Crippen LogP contribution in [0.15, 0.2) is 52.9 Å². The number of furan rings is 1. The van der Waals surface area contributed by atoms with E-state index in [1.807, 2.05) is 26.1 Å². The van der Waals surface area contributed by atoms with Crippen molar-refractivity contribution in [3.63, 3.8) is 0 Å². The van der Waals surface area contributed by atoms with Crippen molar-refractivity contribution in [2.75, 3.05) is 38.5 Å². The summed E-state index contributed by atoms with van der Waals surface area (Å²) in [6.45, 7) is 4.90. The number of anilines is 1. The third-order valence-electron chi connectivity index (χ3n) is 5.54. The first-order valence-electron chi connectivity index (χ1n) is 10.3. The predicted molar refractivity (Wildman–Crippen MR) is 127 cm³/mol. The maximum Gasteiger partial charge on any atom is 0.291 e. The highest BCUT2D eigenvalue weighted by atomic mass is 35.5. The van der Waals surface area contributed by atoms with E-state index >= 15 is 0 Å². The molecular weight excluding hydrogens is 449 g/mol. The summed E-state index contributed by atoms with van der Waals surface area (Å²) in [5.74, 6) is 0.119. The van der Waals surface area contributed by atoms with Crippen LogP contribution in [-0.4, -0.2) is 54.8 Å². The summed E-state index contributed by atoms with van der Waals surface area (Å²) < 4.78 is 5.73. The first kappa shape index (κ1) is 22.4. The van der Waals surface area contributed by atoms with Crippen LogP contribution in [-0.2, 0) is 0 Å². The largest absolute Gasteiger partial charge is 0.451 e. The van der Waals surface area contributed by atoms with Gasteiger partial charge in [-0.15, -0.1) is 0 Å². The molecule has 0 unspecified atom stereocenters. The van der Waals surface area contributed by atoms with Crippen molar-refractivity contribution in [2.45, 2.75) is 6.92 Å². The fourth-order valence-corrected chi connectivity index (χ4v) is 3.84. The SMILES string of the molecule is Cc1ccc(-c2ccc(C(=O)Nc3cc(C(=O)N4CCN(C)CC4)ccc3Cl)o2)cc1Cl. The van der Waals surface area contributed by atoms with E-state index < -0.39 is 5.91 Å². The van der Waals surface area contributed by atoms with Crippen LogP contribution in [0.1, 0.15) is 26.5 Å². The predicted octanol–water partition coefficient (Wildman–Crippen LogP) is 5.20. The summed E-state index contributed by atoms with van der Waals surface area (Å²) in [6, 6.07) is 13.8. The zero-order valence-electron chi connectivity index (χ0n) is 17.8. The fraction of sp³-hybridized carbons (Fsp3) is 0.250. The molecule has 2 aromatic carbocycles. The van der Waals surface area contributed by atoms with Gasteiger partial charge in [-0.2, -0.15) is 0 Å². The third-order valence-corrected chi connectivity index (χ3v) is 6.27. The Kier molecular flexibility index (Phi) is 6.55. The molecule has 1 aliphatic rings. The molecule has 1 fully saturated rings. The maximum absolute atomic E-state index is 12.9. The molecule has 3 aromatic rings. The molecule has 2 amide bonds. The van der Waals surface area contributed by atoms with Crippen molar-refractivity contribution in [3.8, 4) is 11.3 Å². The van der Waals surface area contributed by atoms with Crippen LogP contribution in [0, 0.1) is 6.92 Å². The van der Waals surface area contributed by atoms with Crippen molar-refractivity contribution >= 4 is 40.7 Å². The van der Waals surface area contributed by atoms with Crippen LogP contribution in [0.3, 0.4) is 0 Å². The van der Waals surface area contributed by atoms with Gasteiger partial charge in [0, 0.05) is 42.3 Å². The van der Waals surface area contributed by atoms with Gasteiger partial charge in [-0.1, -0.05) is 35.3 Å². The minimum absolute atomic E-state index is 0.0817. The van der Waals surface area contributed by atoms with Crippen LogP contribution in [0.25, 0.3) is 11.3 Å². The summed E-state index contributed by atoms with van der Waals surface area (Å²) in [5.41, 5.74) is 2.56. The number of likely N-dealkylation sites (N-methyl/N-ethyl adjacent to an activating group) is 1. The normalized spacial score (nSPS) is 14.4. The van der Waals surface area contributed by atoms with E-state index in [4.69, 9.17) is 27.6 Å². The van der Waals surface area contributed by atoms with E-state index in [0.717, 1.165) is 24.2 Å². The average molecular weight is 472 g/mol. The zero-order valence-corrected chi connectivity index (χ0v) is 19.3. The first-order valence-corrected chi connectivity index (χ1v) is 11.0. The summed E-state index contributed by atoms with van der Waals surface area (Å²) in [7, 11) is 2.03. The Balaban J connectivity index is 1.50. The number of rotatable bonds is 4. The lowest BCUT2D eigenvalue weighted by Crippen LogP contribution is -2.47. The van der Waals surface area contributed by atoms with Crippen LogP contribution in [0.5, 0.6) is 0 Å². The number of piperazine rings is 1. The number of halogens is 2. The molecule has 0 bridgehead atoms. The number of nitrogens with zero attached hydrogens (tertiary/aromatic N) is 2. The second-order valence-corrected chi connectivity index (χ2v) is 8.69. The minimum atomic E-state index is -0.458. The van der Waals surface area contributed by atoms with E-state index in [-0.39, 0.29) is 11.7 Å². The molecule has 32 heavy (non-hydrogen) atoms. The lowest BCUT2D eigenvalue weighted by Gasteiger charge is -2.32. The number of aryl methyl sites for hydroxylation is 1. The summed E-state index contributed by atoms with van der Waals surface area (Å²) >= 11 is 12.5. The maximum atomic E-state index is 12.9. The van der Waals surface area contributed by atoms with E-state index in [1.54, 1.807) is 41.3 Å². The zero-order chi connectivity index (χ0) is 22.8. The molecule has 4 rings (SSSR count). The molecule has 0 saturated carbocycles. The van der Waals surface area contributed by atoms with Crippen LogP contribution in [0.4, 0.5) is 5.69 Å². The van der Waals surface area contributed by atoms with E-state index in [9.17, 15) is 9.59 Å². The second-order valence-electron chi connectivity index (χ2n) is 7.87. The molecule has 1 N–H and O–H groups in total. The fourth-order valence-electron chi connectivity index (χ4n) is 3.49. The molecule has 1 aliphatic heterocycles. The van der Waals surface area contributed by atoms with E-state index in [0.29, 0.717) is 40.1 Å². The lowest BCUT2D eigenvalue weighted by molar-refractivity contribution is 0.0664. The van der Waals surface area contributed by atoms with Crippen molar-refractivity contribution in [2.24, 2.45) is 0 Å². The van der Waals surface area contributed by atoms with Gasteiger partial charge in [0.15, 0.2) is 5.76 Å². The topological polar surface area (TPSA) is 65.8 Å². The molecular formula is C24H23Cl2N3O3. The van der Waals surface area contributed by atoms with Gasteiger partial charge in [-0.25, -0.2) is 0 Å². The molecule has 1 saturated heterocycles. The second kappa shape index (κ2) is 9.36. The van der Waals surface area contributed by atoms with Crippen molar-refractivity contribution < 1.29 is 14.0 Å². The summed E-state index contributed by atoms with van der Waals surface area (Å²) in [4.78, 5) is 29.6. The molecule has 0 atom stereocenters. The van der Waals surface area contributed by atoms with Gasteiger partial charge in [-0.05, 0) is 55.9 Å². The quantitative estimate of drug-likeness (QED) is 0.567. The van der Waals surface area contributed by atoms with Gasteiger partial charge in [0.2, 0.25) is 0 Å². The van der Waals surface area contributed by atoms with Gasteiger partial charge in [-0.3, -0.25) is 9.59 Å². The molecule has 6 nitrogen and oxygen atoms in total. The molecule has 0 radical (unpaired) electrons.